The number of hydrogen-bond acceptors (Lipinski definition) is 5. The van der Waals surface area contributed by atoms with Crippen LogP contribution in [0, 0.1) is 0 Å². The second kappa shape index (κ2) is 6.84. The molecule has 3 aromatic heterocycles. The van der Waals surface area contributed by atoms with Crippen LogP contribution in [-0.4, -0.2) is 26.7 Å². The van der Waals surface area contributed by atoms with Crippen molar-refractivity contribution in [3.63, 3.8) is 0 Å². The zero-order valence-electron chi connectivity index (χ0n) is 14.6. The number of anilines is 2. The molecule has 4 aromatic rings. The van der Waals surface area contributed by atoms with Crippen LogP contribution in [0.5, 0.6) is 5.88 Å². The Kier molecular flexibility index (Phi) is 4.34. The molecule has 6 nitrogen and oxygen atoms in total. The Bertz CT molecular complexity index is 1120. The highest BCUT2D eigenvalue weighted by molar-refractivity contribution is 5.64. The van der Waals surface area contributed by atoms with Crippen molar-refractivity contribution in [1.29, 1.82) is 0 Å². The lowest BCUT2D eigenvalue weighted by atomic mass is 10.2. The number of nitrogens with one attached hydrogen (secondary N) is 1. The van der Waals surface area contributed by atoms with Crippen molar-refractivity contribution in [3.8, 4) is 17.1 Å². The first-order valence-electron chi connectivity index (χ1n) is 8.23. The molecule has 1 N–H and O–H groups in total. The van der Waals surface area contributed by atoms with E-state index in [1.807, 2.05) is 6.07 Å². The average molecular weight is 385 g/mol. The van der Waals surface area contributed by atoms with Gasteiger partial charge < -0.3 is 10.1 Å². The molecule has 0 amide bonds. The van der Waals surface area contributed by atoms with Gasteiger partial charge in [0.1, 0.15) is 0 Å². The summed E-state index contributed by atoms with van der Waals surface area (Å²) in [4.78, 5) is 8.38. The Labute approximate surface area is 157 Å². The quantitative estimate of drug-likeness (QED) is 0.558. The van der Waals surface area contributed by atoms with Crippen LogP contribution < -0.4 is 10.1 Å². The highest BCUT2D eigenvalue weighted by Crippen LogP contribution is 2.31. The van der Waals surface area contributed by atoms with Gasteiger partial charge in [-0.25, -0.2) is 9.97 Å². The van der Waals surface area contributed by atoms with Crippen molar-refractivity contribution < 1.29 is 17.9 Å². The van der Waals surface area contributed by atoms with Gasteiger partial charge in [-0.2, -0.15) is 22.8 Å². The van der Waals surface area contributed by atoms with E-state index in [0.717, 1.165) is 17.7 Å². The van der Waals surface area contributed by atoms with Crippen molar-refractivity contribution in [2.45, 2.75) is 6.18 Å². The van der Waals surface area contributed by atoms with Gasteiger partial charge in [0, 0.05) is 23.5 Å². The largest absolute Gasteiger partial charge is 0.481 e. The molecule has 0 atom stereocenters. The van der Waals surface area contributed by atoms with Crippen molar-refractivity contribution in [2.75, 3.05) is 12.4 Å². The second-order valence-electron chi connectivity index (χ2n) is 5.92. The van der Waals surface area contributed by atoms with Crippen LogP contribution in [0.2, 0.25) is 0 Å². The molecule has 0 radical (unpaired) electrons. The number of nitrogens with zero attached hydrogens (tertiary/aromatic N) is 4. The zero-order chi connectivity index (χ0) is 19.7. The summed E-state index contributed by atoms with van der Waals surface area (Å²) in [6.45, 7) is 0. The fourth-order valence-corrected chi connectivity index (χ4v) is 2.69. The molecule has 0 saturated carbocycles. The number of benzene rings is 1. The van der Waals surface area contributed by atoms with Crippen molar-refractivity contribution in [2.24, 2.45) is 0 Å². The Morgan fingerprint density at radius 2 is 1.86 bits per heavy atom. The van der Waals surface area contributed by atoms with Crippen molar-refractivity contribution in [1.82, 2.24) is 19.6 Å². The summed E-state index contributed by atoms with van der Waals surface area (Å²) >= 11 is 0. The molecule has 0 saturated heterocycles. The van der Waals surface area contributed by atoms with Gasteiger partial charge in [-0.3, -0.25) is 0 Å². The molecule has 0 fully saturated rings. The molecule has 0 aliphatic heterocycles. The number of methoxy groups -OCH3 is 1. The summed E-state index contributed by atoms with van der Waals surface area (Å²) in [6, 6.07) is 12.0. The van der Waals surface area contributed by atoms with E-state index in [-0.39, 0.29) is 5.69 Å². The molecule has 142 valence electrons. The number of alkyl halides is 3. The summed E-state index contributed by atoms with van der Waals surface area (Å²) < 4.78 is 45.3. The van der Waals surface area contributed by atoms with Crippen LogP contribution >= 0.6 is 0 Å². The van der Waals surface area contributed by atoms with Crippen LogP contribution in [0.25, 0.3) is 16.9 Å². The van der Waals surface area contributed by atoms with Gasteiger partial charge in [0.05, 0.1) is 24.6 Å². The van der Waals surface area contributed by atoms with Crippen LogP contribution in [0.15, 0.2) is 60.9 Å². The van der Waals surface area contributed by atoms with Crippen LogP contribution in [0.3, 0.4) is 0 Å². The first-order chi connectivity index (χ1) is 13.4. The maximum atomic E-state index is 12.9. The van der Waals surface area contributed by atoms with E-state index in [4.69, 9.17) is 4.74 Å². The highest BCUT2D eigenvalue weighted by Gasteiger charge is 2.30. The Balaban J connectivity index is 1.68. The predicted octanol–water partition coefficient (Wildman–Crippen LogP) is 4.56. The molecule has 0 bridgehead atoms. The summed E-state index contributed by atoms with van der Waals surface area (Å²) in [5.41, 5.74) is 1.51. The molecule has 0 aliphatic rings. The summed E-state index contributed by atoms with van der Waals surface area (Å²) in [5.74, 6) is 0.928. The Morgan fingerprint density at radius 3 is 2.57 bits per heavy atom. The SMILES string of the molecule is COc1ccc(-c2ccc3ncc(Nc4cccc(C(F)(F)F)c4)n3n2)cn1. The van der Waals surface area contributed by atoms with Gasteiger partial charge in [0.15, 0.2) is 11.5 Å². The van der Waals surface area contributed by atoms with Gasteiger partial charge in [0.25, 0.3) is 0 Å². The number of pyridine rings is 1. The molecule has 1 aromatic carbocycles. The Hall–Kier alpha value is -3.62. The summed E-state index contributed by atoms with van der Waals surface area (Å²) in [7, 11) is 1.53. The predicted molar refractivity (Wildman–Crippen MR) is 97.5 cm³/mol. The molecule has 3 heterocycles. The minimum Gasteiger partial charge on any atom is -0.481 e. The smallest absolute Gasteiger partial charge is 0.416 e. The lowest BCUT2D eigenvalue weighted by Crippen LogP contribution is -2.06. The molecule has 9 heteroatoms. The van der Waals surface area contributed by atoms with E-state index in [0.29, 0.717) is 23.0 Å². The van der Waals surface area contributed by atoms with Gasteiger partial charge in [-0.15, -0.1) is 0 Å². The second-order valence-corrected chi connectivity index (χ2v) is 5.92. The van der Waals surface area contributed by atoms with E-state index in [1.54, 1.807) is 30.5 Å². The molecule has 0 aliphatic carbocycles. The van der Waals surface area contributed by atoms with Crippen LogP contribution in [0.4, 0.5) is 24.7 Å². The fourth-order valence-electron chi connectivity index (χ4n) is 2.69. The van der Waals surface area contributed by atoms with E-state index < -0.39 is 11.7 Å². The molecular formula is C19H14F3N5O. The molecule has 28 heavy (non-hydrogen) atoms. The maximum absolute atomic E-state index is 12.9. The zero-order valence-corrected chi connectivity index (χ0v) is 14.6. The number of rotatable bonds is 4. The maximum Gasteiger partial charge on any atom is 0.416 e. The normalized spacial score (nSPS) is 11.6. The topological polar surface area (TPSA) is 64.3 Å². The minimum atomic E-state index is -4.41. The van der Waals surface area contributed by atoms with Crippen LogP contribution in [0.1, 0.15) is 5.56 Å². The third-order valence-electron chi connectivity index (χ3n) is 4.07. The van der Waals surface area contributed by atoms with E-state index >= 15 is 0 Å². The lowest BCUT2D eigenvalue weighted by molar-refractivity contribution is -0.137. The number of hydrogen-bond donors (Lipinski definition) is 1. The molecular weight excluding hydrogens is 371 g/mol. The number of ether oxygens (including phenoxy) is 1. The molecule has 4 rings (SSSR count). The number of fused-ring (bicyclic) bond motifs is 1. The lowest BCUT2D eigenvalue weighted by Gasteiger charge is -2.10. The third-order valence-corrected chi connectivity index (χ3v) is 4.07. The van der Waals surface area contributed by atoms with Crippen molar-refractivity contribution >= 4 is 17.2 Å². The highest BCUT2D eigenvalue weighted by atomic mass is 19.4. The van der Waals surface area contributed by atoms with Crippen molar-refractivity contribution in [3.05, 3.63) is 66.5 Å². The van der Waals surface area contributed by atoms with E-state index in [1.165, 1.54) is 23.9 Å². The number of halogens is 3. The minimum absolute atomic E-state index is 0.287. The third kappa shape index (κ3) is 3.46. The van der Waals surface area contributed by atoms with Gasteiger partial charge in [-0.1, -0.05) is 6.07 Å². The molecule has 0 spiro atoms. The summed E-state index contributed by atoms with van der Waals surface area (Å²) in [6.07, 6.45) is -1.27. The van der Waals surface area contributed by atoms with Crippen LogP contribution in [-0.2, 0) is 6.18 Å². The first kappa shape index (κ1) is 17.8. The monoisotopic (exact) mass is 385 g/mol. The van der Waals surface area contributed by atoms with E-state index in [2.05, 4.69) is 20.4 Å². The fraction of sp³-hybridized carbons (Fsp3) is 0.105. The standard InChI is InChI=1S/C19H14F3N5O/c1-28-18-8-5-12(10-24-18)15-6-7-16-23-11-17(27(16)26-15)25-14-4-2-3-13(9-14)19(20,21)22/h2-11,25H,1H3. The number of aromatic nitrogens is 4. The molecule has 0 unspecified atom stereocenters. The first-order valence-corrected chi connectivity index (χ1v) is 8.23. The van der Waals surface area contributed by atoms with Gasteiger partial charge in [0.2, 0.25) is 5.88 Å². The van der Waals surface area contributed by atoms with Gasteiger partial charge >= 0.3 is 6.18 Å². The Morgan fingerprint density at radius 1 is 1.00 bits per heavy atom. The average Bonchev–Trinajstić information content (AvgIpc) is 3.10. The summed E-state index contributed by atoms with van der Waals surface area (Å²) in [5, 5.41) is 7.46. The number of imidazole rings is 1. The van der Waals surface area contributed by atoms with Gasteiger partial charge in [-0.05, 0) is 36.4 Å². The van der Waals surface area contributed by atoms with E-state index in [9.17, 15) is 13.2 Å².